The van der Waals surface area contributed by atoms with E-state index in [9.17, 15) is 5.26 Å². The first-order valence-electron chi connectivity index (χ1n) is 6.40. The first-order valence-corrected chi connectivity index (χ1v) is 7.28. The molecule has 2 aromatic rings. The maximum atomic E-state index is 9.47. The first kappa shape index (κ1) is 12.3. The normalized spacial score (nSPS) is 25.5. The number of nitrogens with one attached hydrogen (secondary N) is 1. The molecule has 0 amide bonds. The number of benzene rings is 1. The minimum Gasteiger partial charge on any atom is -0.309 e. The van der Waals surface area contributed by atoms with E-state index >= 15 is 0 Å². The van der Waals surface area contributed by atoms with Crippen LogP contribution in [0, 0.1) is 11.3 Å². The second-order valence-electron chi connectivity index (χ2n) is 5.01. The van der Waals surface area contributed by atoms with E-state index in [-0.39, 0.29) is 5.41 Å². The van der Waals surface area contributed by atoms with Gasteiger partial charge in [-0.15, -0.1) is 11.3 Å². The smallest absolute Gasteiger partial charge is 0.0852 e. The molecule has 0 aliphatic heterocycles. The lowest BCUT2D eigenvalue weighted by molar-refractivity contribution is 0.226. The highest BCUT2D eigenvalue weighted by atomic mass is 32.1. The third-order valence-electron chi connectivity index (χ3n) is 3.78. The van der Waals surface area contributed by atoms with Crippen LogP contribution < -0.4 is 5.32 Å². The number of thiazole rings is 1. The summed E-state index contributed by atoms with van der Waals surface area (Å²) in [4.78, 5) is 5.31. The van der Waals surface area contributed by atoms with Crippen molar-refractivity contribution in [3.8, 4) is 6.07 Å². The van der Waals surface area contributed by atoms with Crippen molar-refractivity contribution >= 4 is 11.3 Å². The predicted molar refractivity (Wildman–Crippen MR) is 75.7 cm³/mol. The maximum Gasteiger partial charge on any atom is 0.0852 e. The molecule has 1 saturated carbocycles. The number of rotatable bonds is 4. The molecule has 4 heteroatoms. The molecule has 3 nitrogen and oxygen atoms in total. The van der Waals surface area contributed by atoms with Crippen molar-refractivity contribution in [2.45, 2.75) is 30.8 Å². The van der Waals surface area contributed by atoms with Gasteiger partial charge in [0.2, 0.25) is 0 Å². The summed E-state index contributed by atoms with van der Waals surface area (Å²) in [5, 5.41) is 13.0. The highest BCUT2D eigenvalue weighted by Gasteiger charge is 2.45. The molecule has 0 unspecified atom stereocenters. The average molecular weight is 269 g/mol. The molecule has 19 heavy (non-hydrogen) atoms. The molecule has 1 heterocycles. The van der Waals surface area contributed by atoms with E-state index in [1.807, 2.05) is 29.9 Å². The van der Waals surface area contributed by atoms with Crippen LogP contribution in [-0.2, 0) is 12.0 Å². The Balaban J connectivity index is 1.60. The van der Waals surface area contributed by atoms with Crippen LogP contribution in [0.4, 0.5) is 0 Å². The monoisotopic (exact) mass is 269 g/mol. The zero-order valence-corrected chi connectivity index (χ0v) is 11.4. The molecular weight excluding hydrogens is 254 g/mol. The third kappa shape index (κ3) is 2.40. The Morgan fingerprint density at radius 2 is 2.16 bits per heavy atom. The Labute approximate surface area is 116 Å². The fourth-order valence-corrected chi connectivity index (χ4v) is 3.19. The lowest BCUT2D eigenvalue weighted by Gasteiger charge is -2.43. The highest BCUT2D eigenvalue weighted by Crippen LogP contribution is 2.43. The van der Waals surface area contributed by atoms with Gasteiger partial charge in [-0.05, 0) is 18.4 Å². The Hall–Kier alpha value is -1.70. The summed E-state index contributed by atoms with van der Waals surface area (Å²) >= 11 is 1.66. The number of hydrogen-bond donors (Lipinski definition) is 1. The minimum absolute atomic E-state index is 0.285. The second kappa shape index (κ2) is 5.12. The van der Waals surface area contributed by atoms with Crippen LogP contribution in [0.2, 0.25) is 0 Å². The fraction of sp³-hybridized carbons (Fsp3) is 0.333. The Morgan fingerprint density at radius 1 is 1.37 bits per heavy atom. The van der Waals surface area contributed by atoms with Crippen LogP contribution in [0.1, 0.15) is 23.3 Å². The van der Waals surface area contributed by atoms with Crippen molar-refractivity contribution in [1.82, 2.24) is 10.3 Å². The van der Waals surface area contributed by atoms with Gasteiger partial charge in [-0.2, -0.15) is 5.26 Å². The van der Waals surface area contributed by atoms with Gasteiger partial charge in [0, 0.05) is 23.7 Å². The topological polar surface area (TPSA) is 48.7 Å². The van der Waals surface area contributed by atoms with E-state index in [1.165, 1.54) is 4.88 Å². The van der Waals surface area contributed by atoms with Crippen molar-refractivity contribution in [3.05, 3.63) is 52.5 Å². The predicted octanol–water partition coefficient (Wildman–Crippen LogP) is 2.86. The second-order valence-corrected chi connectivity index (χ2v) is 5.98. The van der Waals surface area contributed by atoms with E-state index < -0.39 is 0 Å². The van der Waals surface area contributed by atoms with Gasteiger partial charge in [-0.25, -0.2) is 0 Å². The first-order chi connectivity index (χ1) is 9.32. The number of nitrogens with zero attached hydrogens (tertiary/aromatic N) is 2. The van der Waals surface area contributed by atoms with Crippen LogP contribution in [0.25, 0.3) is 0 Å². The van der Waals surface area contributed by atoms with E-state index in [2.05, 4.69) is 28.5 Å². The summed E-state index contributed by atoms with van der Waals surface area (Å²) in [5.41, 5.74) is 2.71. The molecule has 1 fully saturated rings. The van der Waals surface area contributed by atoms with Crippen LogP contribution in [-0.4, -0.2) is 11.0 Å². The molecule has 0 atom stereocenters. The van der Waals surface area contributed by atoms with Gasteiger partial charge in [0.05, 0.1) is 17.0 Å². The van der Waals surface area contributed by atoms with Crippen LogP contribution in [0.15, 0.2) is 42.0 Å². The fourth-order valence-electron chi connectivity index (χ4n) is 2.65. The van der Waals surface area contributed by atoms with Crippen molar-refractivity contribution in [3.63, 3.8) is 0 Å². The molecule has 1 aliphatic carbocycles. The largest absolute Gasteiger partial charge is 0.309 e. The lowest BCUT2D eigenvalue weighted by atomic mass is 9.62. The van der Waals surface area contributed by atoms with E-state index in [4.69, 9.17) is 0 Å². The molecule has 0 saturated heterocycles. The maximum absolute atomic E-state index is 9.47. The molecule has 0 radical (unpaired) electrons. The molecule has 0 spiro atoms. The van der Waals surface area contributed by atoms with Gasteiger partial charge in [0.15, 0.2) is 0 Å². The van der Waals surface area contributed by atoms with Crippen molar-refractivity contribution in [2.75, 3.05) is 0 Å². The highest BCUT2D eigenvalue weighted by molar-refractivity contribution is 7.09. The van der Waals surface area contributed by atoms with Gasteiger partial charge in [0.1, 0.15) is 0 Å². The number of aromatic nitrogens is 1. The molecule has 1 aliphatic rings. The van der Waals surface area contributed by atoms with Crippen LogP contribution in [0.3, 0.4) is 0 Å². The zero-order valence-electron chi connectivity index (χ0n) is 10.5. The summed E-state index contributed by atoms with van der Waals surface area (Å²) in [7, 11) is 0. The van der Waals surface area contributed by atoms with Gasteiger partial charge in [-0.1, -0.05) is 30.3 Å². The van der Waals surface area contributed by atoms with Crippen molar-refractivity contribution < 1.29 is 0 Å². The summed E-state index contributed by atoms with van der Waals surface area (Å²) in [6.45, 7) is 0.853. The zero-order chi connectivity index (χ0) is 13.1. The van der Waals surface area contributed by atoms with Crippen molar-refractivity contribution in [1.29, 1.82) is 5.26 Å². The molecule has 96 valence electrons. The van der Waals surface area contributed by atoms with Gasteiger partial charge >= 0.3 is 0 Å². The van der Waals surface area contributed by atoms with Gasteiger partial charge in [0.25, 0.3) is 0 Å². The SMILES string of the molecule is N#CC1(c2ccccc2)CC(NCc2cncs2)C1. The third-order valence-corrected chi connectivity index (χ3v) is 4.56. The molecule has 1 aromatic carbocycles. The van der Waals surface area contributed by atoms with Gasteiger partial charge in [-0.3, -0.25) is 4.98 Å². The summed E-state index contributed by atoms with van der Waals surface area (Å²) in [6.07, 6.45) is 3.68. The molecule has 1 aromatic heterocycles. The van der Waals surface area contributed by atoms with Crippen LogP contribution in [0.5, 0.6) is 0 Å². The van der Waals surface area contributed by atoms with E-state index in [0.29, 0.717) is 6.04 Å². The Bertz CT molecular complexity index is 565. The summed E-state index contributed by atoms with van der Waals surface area (Å²) in [5.74, 6) is 0. The standard InChI is InChI=1S/C15H15N3S/c16-10-15(12-4-2-1-3-5-12)6-13(7-15)18-9-14-8-17-11-19-14/h1-5,8,11,13,18H,6-7,9H2. The van der Waals surface area contributed by atoms with E-state index in [0.717, 1.165) is 24.9 Å². The Kier molecular flexibility index (Phi) is 3.33. The number of nitriles is 1. The lowest BCUT2D eigenvalue weighted by Crippen LogP contribution is -2.50. The summed E-state index contributed by atoms with van der Waals surface area (Å²) in [6, 6.07) is 13.1. The van der Waals surface area contributed by atoms with Crippen LogP contribution >= 0.6 is 11.3 Å². The van der Waals surface area contributed by atoms with Gasteiger partial charge < -0.3 is 5.32 Å². The molecule has 0 bridgehead atoms. The summed E-state index contributed by atoms with van der Waals surface area (Å²) < 4.78 is 0. The number of hydrogen-bond acceptors (Lipinski definition) is 4. The molecule has 1 N–H and O–H groups in total. The molecular formula is C15H15N3S. The quantitative estimate of drug-likeness (QED) is 0.928. The van der Waals surface area contributed by atoms with E-state index in [1.54, 1.807) is 11.3 Å². The van der Waals surface area contributed by atoms with Crippen molar-refractivity contribution in [2.24, 2.45) is 0 Å². The minimum atomic E-state index is -0.285. The molecule has 3 rings (SSSR count). The Morgan fingerprint density at radius 3 is 2.79 bits per heavy atom. The average Bonchev–Trinajstić information content (AvgIpc) is 2.92.